The second kappa shape index (κ2) is 7.00. The van der Waals surface area contributed by atoms with E-state index >= 15 is 0 Å². The van der Waals surface area contributed by atoms with Crippen molar-refractivity contribution in [3.63, 3.8) is 0 Å². The molecule has 1 atom stereocenters. The van der Waals surface area contributed by atoms with Crippen molar-refractivity contribution < 1.29 is 4.39 Å². The predicted octanol–water partition coefficient (Wildman–Crippen LogP) is 4.79. The minimum absolute atomic E-state index is 0.212. The van der Waals surface area contributed by atoms with Gasteiger partial charge in [0.1, 0.15) is 5.82 Å². The fourth-order valence-electron chi connectivity index (χ4n) is 2.26. The molecule has 0 aliphatic rings. The van der Waals surface area contributed by atoms with Crippen molar-refractivity contribution in [3.8, 4) is 0 Å². The van der Waals surface area contributed by atoms with Gasteiger partial charge < -0.3 is 5.32 Å². The SMILES string of the molecule is CCNC(Cc1ccc(F)cc1Br)c1ccc(C)cc1. The van der Waals surface area contributed by atoms with Crippen LogP contribution >= 0.6 is 15.9 Å². The minimum Gasteiger partial charge on any atom is -0.310 e. The Labute approximate surface area is 128 Å². The number of likely N-dealkylation sites (N-methyl/N-ethyl adjacent to an activating group) is 1. The van der Waals surface area contributed by atoms with Crippen molar-refractivity contribution in [1.82, 2.24) is 5.32 Å². The predicted molar refractivity (Wildman–Crippen MR) is 85.4 cm³/mol. The monoisotopic (exact) mass is 335 g/mol. The molecule has 3 heteroatoms. The third kappa shape index (κ3) is 3.90. The number of benzene rings is 2. The molecule has 20 heavy (non-hydrogen) atoms. The summed E-state index contributed by atoms with van der Waals surface area (Å²) >= 11 is 3.44. The van der Waals surface area contributed by atoms with Crippen LogP contribution in [0.1, 0.15) is 29.7 Å². The Balaban J connectivity index is 2.22. The van der Waals surface area contributed by atoms with Gasteiger partial charge in [-0.3, -0.25) is 0 Å². The van der Waals surface area contributed by atoms with Crippen LogP contribution in [0.15, 0.2) is 46.9 Å². The lowest BCUT2D eigenvalue weighted by molar-refractivity contribution is 0.547. The summed E-state index contributed by atoms with van der Waals surface area (Å²) in [5.41, 5.74) is 3.62. The van der Waals surface area contributed by atoms with Crippen LogP contribution in [-0.4, -0.2) is 6.54 Å². The molecule has 1 nitrogen and oxygen atoms in total. The highest BCUT2D eigenvalue weighted by Crippen LogP contribution is 2.25. The fraction of sp³-hybridized carbons (Fsp3) is 0.294. The Hall–Kier alpha value is -1.19. The summed E-state index contributed by atoms with van der Waals surface area (Å²) < 4.78 is 14.0. The number of rotatable bonds is 5. The topological polar surface area (TPSA) is 12.0 Å². The summed E-state index contributed by atoms with van der Waals surface area (Å²) in [6.07, 6.45) is 0.831. The summed E-state index contributed by atoms with van der Waals surface area (Å²) in [6.45, 7) is 5.08. The number of aryl methyl sites for hydroxylation is 1. The Bertz CT molecular complexity index is 566. The van der Waals surface area contributed by atoms with Crippen molar-refractivity contribution in [1.29, 1.82) is 0 Å². The first-order chi connectivity index (χ1) is 9.60. The molecule has 0 fully saturated rings. The van der Waals surface area contributed by atoms with Gasteiger partial charge in [0.05, 0.1) is 0 Å². The molecule has 2 aromatic rings. The van der Waals surface area contributed by atoms with E-state index in [1.165, 1.54) is 23.3 Å². The van der Waals surface area contributed by atoms with E-state index in [1.807, 2.05) is 6.07 Å². The molecule has 106 valence electrons. The van der Waals surface area contributed by atoms with Gasteiger partial charge in [0.15, 0.2) is 0 Å². The fourth-order valence-corrected chi connectivity index (χ4v) is 2.77. The zero-order valence-corrected chi connectivity index (χ0v) is 13.4. The summed E-state index contributed by atoms with van der Waals surface area (Å²) in [4.78, 5) is 0. The van der Waals surface area contributed by atoms with Crippen LogP contribution < -0.4 is 5.32 Å². The Morgan fingerprint density at radius 1 is 1.15 bits per heavy atom. The Morgan fingerprint density at radius 2 is 1.85 bits per heavy atom. The van der Waals surface area contributed by atoms with Gasteiger partial charge in [-0.05, 0) is 43.1 Å². The third-order valence-electron chi connectivity index (χ3n) is 3.37. The van der Waals surface area contributed by atoms with E-state index in [9.17, 15) is 4.39 Å². The van der Waals surface area contributed by atoms with Gasteiger partial charge in [-0.15, -0.1) is 0 Å². The van der Waals surface area contributed by atoms with Crippen LogP contribution in [0.3, 0.4) is 0 Å². The van der Waals surface area contributed by atoms with Crippen LogP contribution in [0.25, 0.3) is 0 Å². The highest BCUT2D eigenvalue weighted by molar-refractivity contribution is 9.10. The Kier molecular flexibility index (Phi) is 5.32. The molecule has 0 bridgehead atoms. The molecule has 0 heterocycles. The van der Waals surface area contributed by atoms with E-state index in [-0.39, 0.29) is 11.9 Å². The second-order valence-corrected chi connectivity index (χ2v) is 5.82. The third-order valence-corrected chi connectivity index (χ3v) is 4.11. The summed E-state index contributed by atoms with van der Waals surface area (Å²) in [6, 6.07) is 13.7. The van der Waals surface area contributed by atoms with Crippen LogP contribution in [0.4, 0.5) is 4.39 Å². The van der Waals surface area contributed by atoms with E-state index in [1.54, 1.807) is 0 Å². The molecule has 2 aromatic carbocycles. The van der Waals surface area contributed by atoms with E-state index < -0.39 is 0 Å². The zero-order valence-electron chi connectivity index (χ0n) is 11.8. The summed E-state index contributed by atoms with van der Waals surface area (Å²) in [5, 5.41) is 3.49. The molecule has 0 spiro atoms. The molecular formula is C17H19BrFN. The van der Waals surface area contributed by atoms with Gasteiger partial charge >= 0.3 is 0 Å². The van der Waals surface area contributed by atoms with Crippen molar-refractivity contribution >= 4 is 15.9 Å². The van der Waals surface area contributed by atoms with Crippen LogP contribution in [0.5, 0.6) is 0 Å². The first kappa shape index (κ1) is 15.2. The zero-order chi connectivity index (χ0) is 14.5. The maximum absolute atomic E-state index is 13.2. The molecule has 0 aliphatic heterocycles. The average molecular weight is 336 g/mol. The molecular weight excluding hydrogens is 317 g/mol. The minimum atomic E-state index is -0.212. The highest BCUT2D eigenvalue weighted by Gasteiger charge is 2.13. The summed E-state index contributed by atoms with van der Waals surface area (Å²) in [5.74, 6) is -0.212. The molecule has 0 saturated heterocycles. The molecule has 0 saturated carbocycles. The van der Waals surface area contributed by atoms with Crippen LogP contribution in [0.2, 0.25) is 0 Å². The molecule has 0 aromatic heterocycles. The van der Waals surface area contributed by atoms with Crippen LogP contribution in [-0.2, 0) is 6.42 Å². The van der Waals surface area contributed by atoms with Crippen molar-refractivity contribution in [2.45, 2.75) is 26.3 Å². The van der Waals surface area contributed by atoms with Gasteiger partial charge in [-0.25, -0.2) is 4.39 Å². The van der Waals surface area contributed by atoms with Gasteiger partial charge in [-0.2, -0.15) is 0 Å². The van der Waals surface area contributed by atoms with Crippen LogP contribution in [0, 0.1) is 12.7 Å². The number of hydrogen-bond donors (Lipinski definition) is 1. The van der Waals surface area contributed by atoms with Crippen molar-refractivity contribution in [2.24, 2.45) is 0 Å². The van der Waals surface area contributed by atoms with E-state index in [0.29, 0.717) is 0 Å². The van der Waals surface area contributed by atoms with Gasteiger partial charge in [0, 0.05) is 10.5 Å². The quantitative estimate of drug-likeness (QED) is 0.828. The average Bonchev–Trinajstić information content (AvgIpc) is 2.42. The summed E-state index contributed by atoms with van der Waals surface area (Å²) in [7, 11) is 0. The number of halogens is 2. The number of hydrogen-bond acceptors (Lipinski definition) is 1. The molecule has 0 radical (unpaired) electrons. The lowest BCUT2D eigenvalue weighted by Gasteiger charge is -2.19. The second-order valence-electron chi connectivity index (χ2n) is 4.96. The number of nitrogens with one attached hydrogen (secondary N) is 1. The van der Waals surface area contributed by atoms with Gasteiger partial charge in [-0.1, -0.05) is 58.7 Å². The lowest BCUT2D eigenvalue weighted by Crippen LogP contribution is -2.23. The molecule has 1 unspecified atom stereocenters. The first-order valence-electron chi connectivity index (χ1n) is 6.84. The van der Waals surface area contributed by atoms with E-state index in [0.717, 1.165) is 23.0 Å². The largest absolute Gasteiger partial charge is 0.310 e. The van der Waals surface area contributed by atoms with Crippen molar-refractivity contribution in [2.75, 3.05) is 6.54 Å². The van der Waals surface area contributed by atoms with Crippen molar-refractivity contribution in [3.05, 3.63) is 69.4 Å². The lowest BCUT2D eigenvalue weighted by atomic mass is 9.98. The molecule has 0 amide bonds. The van der Waals surface area contributed by atoms with Gasteiger partial charge in [0.2, 0.25) is 0 Å². The molecule has 0 aliphatic carbocycles. The smallest absolute Gasteiger partial charge is 0.124 e. The highest BCUT2D eigenvalue weighted by atomic mass is 79.9. The normalized spacial score (nSPS) is 12.4. The van der Waals surface area contributed by atoms with E-state index in [4.69, 9.17) is 0 Å². The van der Waals surface area contributed by atoms with E-state index in [2.05, 4.69) is 59.4 Å². The molecule has 2 rings (SSSR count). The maximum atomic E-state index is 13.2. The standard InChI is InChI=1S/C17H19BrFN/c1-3-20-17(13-6-4-12(2)5-7-13)10-14-8-9-15(19)11-16(14)18/h4-9,11,17,20H,3,10H2,1-2H3. The molecule has 1 N–H and O–H groups in total. The Morgan fingerprint density at radius 3 is 2.45 bits per heavy atom. The maximum Gasteiger partial charge on any atom is 0.124 e. The van der Waals surface area contributed by atoms with Gasteiger partial charge in [0.25, 0.3) is 0 Å². The first-order valence-corrected chi connectivity index (χ1v) is 7.63.